The van der Waals surface area contributed by atoms with Crippen LogP contribution in [0.4, 0.5) is 0 Å². The molecular weight excluding hydrogens is 350 g/mol. The lowest BCUT2D eigenvalue weighted by atomic mass is 9.81. The molecule has 0 radical (unpaired) electrons. The highest BCUT2D eigenvalue weighted by Gasteiger charge is 2.44. The SMILES string of the molecule is CC(C)(C)C1=NC(c2cccc(C3N=C(C(C)(C)C)C(C)(C)O3)n2)OC1(C)C. The third kappa shape index (κ3) is 3.92. The van der Waals surface area contributed by atoms with Gasteiger partial charge in [0.15, 0.2) is 12.5 Å². The Bertz CT molecular complexity index is 758. The summed E-state index contributed by atoms with van der Waals surface area (Å²) in [7, 11) is 0. The molecule has 0 N–H and O–H groups in total. The van der Waals surface area contributed by atoms with E-state index >= 15 is 0 Å². The van der Waals surface area contributed by atoms with Crippen molar-refractivity contribution < 1.29 is 9.47 Å². The van der Waals surface area contributed by atoms with Gasteiger partial charge in [0.25, 0.3) is 0 Å². The van der Waals surface area contributed by atoms with Crippen LogP contribution in [0.25, 0.3) is 0 Å². The minimum absolute atomic E-state index is 0.0552. The average molecular weight is 386 g/mol. The highest BCUT2D eigenvalue weighted by Crippen LogP contribution is 2.41. The molecule has 2 atom stereocenters. The summed E-state index contributed by atoms with van der Waals surface area (Å²) in [6.45, 7) is 21.3. The van der Waals surface area contributed by atoms with Crippen LogP contribution >= 0.6 is 0 Å². The fraction of sp³-hybridized carbons (Fsp3) is 0.696. The van der Waals surface area contributed by atoms with Crippen LogP contribution in [0.1, 0.15) is 93.1 Å². The van der Waals surface area contributed by atoms with Gasteiger partial charge in [0.2, 0.25) is 0 Å². The van der Waals surface area contributed by atoms with Crippen LogP contribution < -0.4 is 0 Å². The number of hydrogen-bond acceptors (Lipinski definition) is 5. The Morgan fingerprint density at radius 2 is 1.07 bits per heavy atom. The summed E-state index contributed by atoms with van der Waals surface area (Å²) >= 11 is 0. The molecule has 0 fully saturated rings. The van der Waals surface area contributed by atoms with Gasteiger partial charge in [-0.25, -0.2) is 4.98 Å². The number of ether oxygens (including phenoxy) is 2. The van der Waals surface area contributed by atoms with Crippen LogP contribution in [0, 0.1) is 10.8 Å². The van der Waals surface area contributed by atoms with Gasteiger partial charge in [-0.3, -0.25) is 9.98 Å². The standard InChI is InChI=1S/C23H35N3O2/c1-20(2,3)18-22(7,8)27-16(25-18)14-12-11-13-15(24-14)17-26-19(21(4,5)6)23(9,10)28-17/h11-13,16-17H,1-10H3. The molecular formula is C23H35N3O2. The zero-order valence-corrected chi connectivity index (χ0v) is 19.0. The van der Waals surface area contributed by atoms with Crippen LogP contribution in [-0.4, -0.2) is 27.6 Å². The molecule has 0 aromatic carbocycles. The van der Waals surface area contributed by atoms with Gasteiger partial charge in [-0.1, -0.05) is 47.6 Å². The molecule has 0 saturated heterocycles. The first kappa shape index (κ1) is 21.1. The van der Waals surface area contributed by atoms with Gasteiger partial charge in [0.05, 0.1) is 22.8 Å². The Labute approximate surface area is 169 Å². The summed E-state index contributed by atoms with van der Waals surface area (Å²) in [5.41, 5.74) is 2.78. The lowest BCUT2D eigenvalue weighted by Gasteiger charge is -2.29. The number of nitrogens with zero attached hydrogens (tertiary/aromatic N) is 3. The first-order valence-corrected chi connectivity index (χ1v) is 10.1. The maximum Gasteiger partial charge on any atom is 0.192 e. The Kier molecular flexibility index (Phi) is 4.87. The van der Waals surface area contributed by atoms with Crippen molar-refractivity contribution in [3.63, 3.8) is 0 Å². The van der Waals surface area contributed by atoms with E-state index in [1.165, 1.54) is 0 Å². The molecule has 2 aliphatic rings. The monoisotopic (exact) mass is 385 g/mol. The van der Waals surface area contributed by atoms with E-state index in [0.717, 1.165) is 22.8 Å². The molecule has 5 nitrogen and oxygen atoms in total. The van der Waals surface area contributed by atoms with Crippen molar-refractivity contribution in [2.24, 2.45) is 20.8 Å². The lowest BCUT2D eigenvalue weighted by Crippen LogP contribution is -2.38. The molecule has 2 unspecified atom stereocenters. The summed E-state index contributed by atoms with van der Waals surface area (Å²) in [5, 5.41) is 0. The van der Waals surface area contributed by atoms with Crippen LogP contribution in [-0.2, 0) is 9.47 Å². The molecule has 28 heavy (non-hydrogen) atoms. The molecule has 2 aliphatic heterocycles. The van der Waals surface area contributed by atoms with Crippen LogP contribution in [0.2, 0.25) is 0 Å². The summed E-state index contributed by atoms with van der Waals surface area (Å²) in [4.78, 5) is 14.6. The molecule has 0 saturated carbocycles. The van der Waals surface area contributed by atoms with Crippen LogP contribution in [0.3, 0.4) is 0 Å². The van der Waals surface area contributed by atoms with Crippen molar-refractivity contribution in [2.45, 2.75) is 92.9 Å². The van der Waals surface area contributed by atoms with Crippen molar-refractivity contribution in [2.75, 3.05) is 0 Å². The minimum atomic E-state index is -0.413. The second kappa shape index (κ2) is 6.46. The Morgan fingerprint density at radius 1 is 0.714 bits per heavy atom. The highest BCUT2D eigenvalue weighted by atomic mass is 16.5. The van der Waals surface area contributed by atoms with Crippen molar-refractivity contribution in [3.8, 4) is 0 Å². The van der Waals surface area contributed by atoms with Crippen molar-refractivity contribution in [3.05, 3.63) is 29.6 Å². The number of aromatic nitrogens is 1. The van der Waals surface area contributed by atoms with Gasteiger partial charge >= 0.3 is 0 Å². The van der Waals surface area contributed by atoms with Crippen molar-refractivity contribution in [1.29, 1.82) is 0 Å². The van der Waals surface area contributed by atoms with E-state index in [0.29, 0.717) is 0 Å². The van der Waals surface area contributed by atoms with Crippen molar-refractivity contribution in [1.82, 2.24) is 4.98 Å². The van der Waals surface area contributed by atoms with E-state index in [1.54, 1.807) is 0 Å². The van der Waals surface area contributed by atoms with Gasteiger partial charge in [0.1, 0.15) is 11.2 Å². The van der Waals surface area contributed by atoms with E-state index in [1.807, 2.05) is 18.2 Å². The Hall–Kier alpha value is -1.59. The third-order valence-corrected chi connectivity index (χ3v) is 5.16. The second-order valence-corrected chi connectivity index (χ2v) is 10.9. The summed E-state index contributed by atoms with van der Waals surface area (Å²) in [5.74, 6) is 0. The fourth-order valence-corrected chi connectivity index (χ4v) is 4.46. The molecule has 1 aromatic heterocycles. The quantitative estimate of drug-likeness (QED) is 0.659. The molecule has 0 amide bonds. The van der Waals surface area contributed by atoms with Gasteiger partial charge in [-0.15, -0.1) is 0 Å². The maximum atomic E-state index is 6.27. The zero-order valence-electron chi connectivity index (χ0n) is 19.0. The summed E-state index contributed by atoms with van der Waals surface area (Å²) in [6.07, 6.45) is -0.797. The van der Waals surface area contributed by atoms with Gasteiger partial charge in [-0.05, 0) is 39.8 Å². The minimum Gasteiger partial charge on any atom is -0.339 e. The molecule has 154 valence electrons. The van der Waals surface area contributed by atoms with Crippen molar-refractivity contribution >= 4 is 11.4 Å². The first-order valence-electron chi connectivity index (χ1n) is 10.1. The number of aliphatic imine (C=N–C) groups is 2. The van der Waals surface area contributed by atoms with E-state index in [9.17, 15) is 0 Å². The number of rotatable bonds is 2. The fourth-order valence-electron chi connectivity index (χ4n) is 4.46. The number of hydrogen-bond donors (Lipinski definition) is 0. The largest absolute Gasteiger partial charge is 0.339 e. The number of pyridine rings is 1. The molecule has 0 aliphatic carbocycles. The molecule has 3 rings (SSSR count). The second-order valence-electron chi connectivity index (χ2n) is 10.9. The van der Waals surface area contributed by atoms with Crippen LogP contribution in [0.15, 0.2) is 28.2 Å². The van der Waals surface area contributed by atoms with Crippen LogP contribution in [0.5, 0.6) is 0 Å². The molecule has 3 heterocycles. The van der Waals surface area contributed by atoms with Gasteiger partial charge < -0.3 is 9.47 Å². The van der Waals surface area contributed by atoms with Gasteiger partial charge in [0, 0.05) is 10.8 Å². The Morgan fingerprint density at radius 3 is 1.36 bits per heavy atom. The predicted molar refractivity (Wildman–Crippen MR) is 114 cm³/mol. The normalized spacial score (nSPS) is 26.9. The summed E-state index contributed by atoms with van der Waals surface area (Å²) < 4.78 is 12.5. The Balaban J connectivity index is 1.93. The van der Waals surface area contributed by atoms with Gasteiger partial charge in [-0.2, -0.15) is 0 Å². The highest BCUT2D eigenvalue weighted by molar-refractivity contribution is 5.97. The maximum absolute atomic E-state index is 6.27. The van der Waals surface area contributed by atoms with E-state index in [-0.39, 0.29) is 10.8 Å². The molecule has 5 heteroatoms. The zero-order chi connectivity index (χ0) is 21.1. The third-order valence-electron chi connectivity index (χ3n) is 5.16. The lowest BCUT2D eigenvalue weighted by molar-refractivity contribution is -0.0129. The first-order chi connectivity index (χ1) is 12.6. The van der Waals surface area contributed by atoms with E-state index in [2.05, 4.69) is 69.2 Å². The smallest absolute Gasteiger partial charge is 0.192 e. The topological polar surface area (TPSA) is 56.1 Å². The predicted octanol–water partition coefficient (Wildman–Crippen LogP) is 5.67. The van der Waals surface area contributed by atoms with E-state index in [4.69, 9.17) is 24.4 Å². The average Bonchev–Trinajstić information content (AvgIpc) is 3.02. The molecule has 0 spiro atoms. The summed E-state index contributed by atoms with van der Waals surface area (Å²) in [6, 6.07) is 5.92. The molecule has 0 bridgehead atoms. The van der Waals surface area contributed by atoms with E-state index < -0.39 is 23.7 Å². The molecule has 1 aromatic rings.